The topological polar surface area (TPSA) is 42.0 Å². The van der Waals surface area contributed by atoms with E-state index in [-0.39, 0.29) is 11.8 Å². The minimum Gasteiger partial charge on any atom is -0.302 e. The molecule has 20 heavy (non-hydrogen) atoms. The van der Waals surface area contributed by atoms with Crippen molar-refractivity contribution >= 4 is 22.4 Å². The number of carbonyl (C=O) groups excluding carboxylic acids is 1. The first-order chi connectivity index (χ1) is 9.63. The van der Waals surface area contributed by atoms with Crippen molar-refractivity contribution < 1.29 is 4.79 Å². The van der Waals surface area contributed by atoms with Crippen LogP contribution in [0.1, 0.15) is 30.4 Å². The lowest BCUT2D eigenvalue weighted by Crippen LogP contribution is -2.27. The minimum absolute atomic E-state index is 0.122. The van der Waals surface area contributed by atoms with Crippen molar-refractivity contribution in [1.29, 1.82) is 0 Å². The van der Waals surface area contributed by atoms with Crippen LogP contribution in [0.2, 0.25) is 0 Å². The highest BCUT2D eigenvalue weighted by atomic mass is 32.1. The van der Waals surface area contributed by atoms with E-state index in [1.165, 1.54) is 28.9 Å². The van der Waals surface area contributed by atoms with Gasteiger partial charge in [0.25, 0.3) is 0 Å². The molecule has 1 heterocycles. The molecule has 1 aromatic carbocycles. The number of nitrogens with one attached hydrogen (secondary N) is 1. The third kappa shape index (κ3) is 2.61. The smallest absolute Gasteiger partial charge is 0.229 e. The summed E-state index contributed by atoms with van der Waals surface area (Å²) in [6.45, 7) is 4.20. The molecule has 3 nitrogen and oxygen atoms in total. The molecular formula is C16H18N2OS. The molecule has 1 aliphatic rings. The van der Waals surface area contributed by atoms with Gasteiger partial charge in [-0.25, -0.2) is 4.98 Å². The van der Waals surface area contributed by atoms with Gasteiger partial charge in [-0.3, -0.25) is 4.79 Å². The van der Waals surface area contributed by atoms with Crippen molar-refractivity contribution in [3.05, 3.63) is 34.7 Å². The Morgan fingerprint density at radius 1 is 1.30 bits per heavy atom. The summed E-state index contributed by atoms with van der Waals surface area (Å²) in [4.78, 5) is 16.4. The van der Waals surface area contributed by atoms with Crippen LogP contribution < -0.4 is 5.32 Å². The molecule has 1 amide bonds. The molecule has 0 aliphatic heterocycles. The molecule has 1 fully saturated rings. The summed E-state index contributed by atoms with van der Waals surface area (Å²) in [5.41, 5.74) is 4.58. The maximum absolute atomic E-state index is 11.9. The Kier molecular flexibility index (Phi) is 3.57. The molecule has 0 saturated heterocycles. The molecule has 0 bridgehead atoms. The van der Waals surface area contributed by atoms with Crippen LogP contribution in [-0.4, -0.2) is 10.9 Å². The van der Waals surface area contributed by atoms with Crippen molar-refractivity contribution in [2.75, 3.05) is 5.32 Å². The van der Waals surface area contributed by atoms with Gasteiger partial charge in [0.05, 0.1) is 5.69 Å². The Balaban J connectivity index is 1.75. The molecule has 3 rings (SSSR count). The highest BCUT2D eigenvalue weighted by Crippen LogP contribution is 2.30. The van der Waals surface area contributed by atoms with E-state index in [9.17, 15) is 4.79 Å². The highest BCUT2D eigenvalue weighted by molar-refractivity contribution is 7.14. The molecular weight excluding hydrogens is 268 g/mol. The maximum Gasteiger partial charge on any atom is 0.229 e. The van der Waals surface area contributed by atoms with E-state index < -0.39 is 0 Å². The van der Waals surface area contributed by atoms with E-state index in [2.05, 4.69) is 42.3 Å². The molecule has 0 unspecified atom stereocenters. The molecule has 1 aromatic heterocycles. The lowest BCUT2D eigenvalue weighted by atomic mass is 9.85. The highest BCUT2D eigenvalue weighted by Gasteiger charge is 2.25. The van der Waals surface area contributed by atoms with Crippen molar-refractivity contribution in [3.8, 4) is 11.3 Å². The number of thiazole rings is 1. The van der Waals surface area contributed by atoms with Crippen molar-refractivity contribution in [1.82, 2.24) is 4.98 Å². The number of carbonyl (C=O) groups is 1. The van der Waals surface area contributed by atoms with Crippen LogP contribution in [0.3, 0.4) is 0 Å². The number of aromatic nitrogens is 1. The quantitative estimate of drug-likeness (QED) is 0.920. The molecule has 0 spiro atoms. The predicted molar refractivity (Wildman–Crippen MR) is 83.0 cm³/mol. The molecule has 1 N–H and O–H groups in total. The Morgan fingerprint density at radius 3 is 2.75 bits per heavy atom. The number of anilines is 1. The Morgan fingerprint density at radius 2 is 2.10 bits per heavy atom. The summed E-state index contributed by atoms with van der Waals surface area (Å²) < 4.78 is 0. The van der Waals surface area contributed by atoms with Gasteiger partial charge in [-0.1, -0.05) is 18.6 Å². The number of nitrogens with zero attached hydrogens (tertiary/aromatic N) is 1. The van der Waals surface area contributed by atoms with Crippen LogP contribution in [-0.2, 0) is 4.79 Å². The van der Waals surface area contributed by atoms with Crippen LogP contribution in [0, 0.1) is 19.8 Å². The van der Waals surface area contributed by atoms with E-state index in [4.69, 9.17) is 0 Å². The second-order valence-electron chi connectivity index (χ2n) is 5.45. The second kappa shape index (κ2) is 5.37. The number of benzene rings is 1. The summed E-state index contributed by atoms with van der Waals surface area (Å²) in [5.74, 6) is 0.321. The molecule has 1 aliphatic carbocycles. The average molecular weight is 286 g/mol. The van der Waals surface area contributed by atoms with Crippen LogP contribution in [0.4, 0.5) is 5.13 Å². The van der Waals surface area contributed by atoms with E-state index in [0.29, 0.717) is 5.13 Å². The van der Waals surface area contributed by atoms with E-state index >= 15 is 0 Å². The fraction of sp³-hybridized carbons (Fsp3) is 0.375. The minimum atomic E-state index is 0.122. The van der Waals surface area contributed by atoms with Crippen LogP contribution in [0.15, 0.2) is 23.6 Å². The second-order valence-corrected chi connectivity index (χ2v) is 6.31. The first kappa shape index (κ1) is 13.3. The first-order valence-electron chi connectivity index (χ1n) is 6.97. The number of amides is 1. The van der Waals surface area contributed by atoms with Crippen LogP contribution in [0.5, 0.6) is 0 Å². The number of hydrogen-bond donors (Lipinski definition) is 1. The summed E-state index contributed by atoms with van der Waals surface area (Å²) in [7, 11) is 0. The van der Waals surface area contributed by atoms with Crippen LogP contribution in [0.25, 0.3) is 11.3 Å². The zero-order valence-corrected chi connectivity index (χ0v) is 12.6. The van der Waals surface area contributed by atoms with E-state index in [1.807, 2.05) is 5.38 Å². The van der Waals surface area contributed by atoms with Crippen molar-refractivity contribution in [2.24, 2.45) is 5.92 Å². The zero-order valence-electron chi connectivity index (χ0n) is 11.8. The fourth-order valence-electron chi connectivity index (χ4n) is 2.24. The Hall–Kier alpha value is -1.68. The molecule has 2 aromatic rings. The lowest BCUT2D eigenvalue weighted by molar-refractivity contribution is -0.122. The summed E-state index contributed by atoms with van der Waals surface area (Å²) >= 11 is 1.49. The molecule has 4 heteroatoms. The van der Waals surface area contributed by atoms with Gasteiger partial charge in [-0.05, 0) is 43.9 Å². The Bertz CT molecular complexity index is 644. The first-order valence-corrected chi connectivity index (χ1v) is 7.85. The molecule has 104 valence electrons. The summed E-state index contributed by atoms with van der Waals surface area (Å²) in [5, 5.41) is 5.63. The third-order valence-corrected chi connectivity index (χ3v) is 4.77. The maximum atomic E-state index is 11.9. The number of rotatable bonds is 3. The number of aryl methyl sites for hydroxylation is 2. The van der Waals surface area contributed by atoms with E-state index in [0.717, 1.165) is 24.1 Å². The third-order valence-electron chi connectivity index (χ3n) is 4.01. The number of hydrogen-bond acceptors (Lipinski definition) is 3. The standard InChI is InChI=1S/C16H18N2OS/c1-10-6-7-13(8-11(10)2)14-9-20-16(17-14)18-15(19)12-4-3-5-12/h6-9,12H,3-5H2,1-2H3,(H,17,18,19). The van der Waals surface area contributed by atoms with Gasteiger partial charge in [0.2, 0.25) is 5.91 Å². The van der Waals surface area contributed by atoms with Gasteiger partial charge in [0.15, 0.2) is 5.13 Å². The van der Waals surface area contributed by atoms with Gasteiger partial charge >= 0.3 is 0 Å². The monoisotopic (exact) mass is 286 g/mol. The molecule has 0 radical (unpaired) electrons. The van der Waals surface area contributed by atoms with Crippen LogP contribution >= 0.6 is 11.3 Å². The van der Waals surface area contributed by atoms with Gasteiger partial charge in [-0.2, -0.15) is 0 Å². The molecule has 0 atom stereocenters. The normalized spacial score (nSPS) is 14.9. The summed E-state index contributed by atoms with van der Waals surface area (Å²) in [6.07, 6.45) is 3.20. The largest absolute Gasteiger partial charge is 0.302 e. The SMILES string of the molecule is Cc1ccc(-c2csc(NC(=O)C3CCC3)n2)cc1C. The van der Waals surface area contributed by atoms with Gasteiger partial charge in [0, 0.05) is 16.9 Å². The van der Waals surface area contributed by atoms with Gasteiger partial charge in [0.1, 0.15) is 0 Å². The predicted octanol–water partition coefficient (Wildman–Crippen LogP) is 4.17. The Labute approximate surface area is 123 Å². The lowest BCUT2D eigenvalue weighted by Gasteiger charge is -2.23. The van der Waals surface area contributed by atoms with Gasteiger partial charge in [-0.15, -0.1) is 11.3 Å². The van der Waals surface area contributed by atoms with Crippen molar-refractivity contribution in [2.45, 2.75) is 33.1 Å². The van der Waals surface area contributed by atoms with E-state index in [1.54, 1.807) is 0 Å². The molecule has 1 saturated carbocycles. The summed E-state index contributed by atoms with van der Waals surface area (Å²) in [6, 6.07) is 6.33. The van der Waals surface area contributed by atoms with Gasteiger partial charge < -0.3 is 5.32 Å². The van der Waals surface area contributed by atoms with Crippen molar-refractivity contribution in [3.63, 3.8) is 0 Å². The zero-order chi connectivity index (χ0) is 14.1. The fourth-order valence-corrected chi connectivity index (χ4v) is 2.96. The average Bonchev–Trinajstić information content (AvgIpc) is 2.78.